The molecule has 0 heterocycles. The van der Waals surface area contributed by atoms with E-state index in [1.54, 1.807) is 37.4 Å². The van der Waals surface area contributed by atoms with Crippen molar-refractivity contribution < 1.29 is 24.1 Å². The second-order valence-corrected chi connectivity index (χ2v) is 4.27. The average Bonchev–Trinajstić information content (AvgIpc) is 2.52. The summed E-state index contributed by atoms with van der Waals surface area (Å²) in [7, 11) is 3.09. The molecule has 0 aromatic heterocycles. The maximum Gasteiger partial charge on any atom is 0.342 e. The fourth-order valence-electron chi connectivity index (χ4n) is 1.86. The van der Waals surface area contributed by atoms with Crippen LogP contribution in [0.3, 0.4) is 0 Å². The zero-order valence-electron chi connectivity index (χ0n) is 11.8. The first-order valence-electron chi connectivity index (χ1n) is 6.31. The van der Waals surface area contributed by atoms with Gasteiger partial charge in [-0.2, -0.15) is 0 Å². The number of carbonyl (C=O) groups excluding carboxylic acids is 1. The maximum absolute atomic E-state index is 11.9. The molecule has 0 aliphatic rings. The third kappa shape index (κ3) is 3.45. The third-order valence-corrected chi connectivity index (χ3v) is 2.97. The number of rotatable bonds is 5. The lowest BCUT2D eigenvalue weighted by Crippen LogP contribution is -2.06. The average molecular weight is 288 g/mol. The van der Waals surface area contributed by atoms with E-state index < -0.39 is 5.97 Å². The molecule has 21 heavy (non-hydrogen) atoms. The van der Waals surface area contributed by atoms with Crippen molar-refractivity contribution in [3.05, 3.63) is 53.6 Å². The molecule has 0 amide bonds. The molecule has 0 bridgehead atoms. The third-order valence-electron chi connectivity index (χ3n) is 2.97. The quantitative estimate of drug-likeness (QED) is 0.857. The minimum atomic E-state index is -0.599. The van der Waals surface area contributed by atoms with Crippen LogP contribution in [-0.4, -0.2) is 25.3 Å². The van der Waals surface area contributed by atoms with E-state index in [9.17, 15) is 9.90 Å². The highest BCUT2D eigenvalue weighted by atomic mass is 16.5. The second kappa shape index (κ2) is 6.65. The summed E-state index contributed by atoms with van der Waals surface area (Å²) in [4.78, 5) is 11.9. The first-order valence-corrected chi connectivity index (χ1v) is 6.31. The van der Waals surface area contributed by atoms with E-state index in [1.165, 1.54) is 19.2 Å². The number of benzene rings is 2. The molecule has 110 valence electrons. The van der Waals surface area contributed by atoms with Crippen LogP contribution in [0.1, 0.15) is 15.9 Å². The van der Waals surface area contributed by atoms with Gasteiger partial charge in [-0.15, -0.1) is 0 Å². The van der Waals surface area contributed by atoms with Crippen LogP contribution in [0.4, 0.5) is 0 Å². The number of ether oxygens (including phenoxy) is 3. The van der Waals surface area contributed by atoms with Crippen LogP contribution in [0.15, 0.2) is 42.5 Å². The fourth-order valence-corrected chi connectivity index (χ4v) is 1.86. The molecule has 0 saturated carbocycles. The monoisotopic (exact) mass is 288 g/mol. The largest absolute Gasteiger partial charge is 0.507 e. The molecule has 0 spiro atoms. The van der Waals surface area contributed by atoms with Crippen LogP contribution < -0.4 is 9.47 Å². The molecule has 0 saturated heterocycles. The van der Waals surface area contributed by atoms with E-state index in [0.717, 1.165) is 0 Å². The SMILES string of the molecule is COc1ccc(OC)c(COC(=O)c2ccccc2O)c1. The van der Waals surface area contributed by atoms with Crippen molar-refractivity contribution in [3.63, 3.8) is 0 Å². The molecule has 1 N–H and O–H groups in total. The van der Waals surface area contributed by atoms with Crippen molar-refractivity contribution in [1.82, 2.24) is 0 Å². The summed E-state index contributed by atoms with van der Waals surface area (Å²) >= 11 is 0. The number of phenolic OH excluding ortho intramolecular Hbond substituents is 1. The molecule has 5 nitrogen and oxygen atoms in total. The number of esters is 1. The Bertz CT molecular complexity index is 636. The lowest BCUT2D eigenvalue weighted by molar-refractivity contribution is 0.0466. The van der Waals surface area contributed by atoms with Crippen molar-refractivity contribution >= 4 is 5.97 Å². The van der Waals surface area contributed by atoms with Gasteiger partial charge in [0.25, 0.3) is 0 Å². The zero-order chi connectivity index (χ0) is 15.2. The van der Waals surface area contributed by atoms with Crippen molar-refractivity contribution in [2.24, 2.45) is 0 Å². The molecule has 0 unspecified atom stereocenters. The molecule has 0 fully saturated rings. The standard InChI is InChI=1S/C16H16O5/c1-19-12-7-8-15(20-2)11(9-12)10-21-16(18)13-5-3-4-6-14(13)17/h3-9,17H,10H2,1-2H3. The van der Waals surface area contributed by atoms with Gasteiger partial charge >= 0.3 is 5.97 Å². The highest BCUT2D eigenvalue weighted by molar-refractivity contribution is 5.92. The summed E-state index contributed by atoms with van der Waals surface area (Å²) < 4.78 is 15.5. The number of hydrogen-bond acceptors (Lipinski definition) is 5. The van der Waals surface area contributed by atoms with E-state index >= 15 is 0 Å². The molecule has 2 rings (SSSR count). The number of carbonyl (C=O) groups is 1. The Morgan fingerprint density at radius 2 is 1.86 bits per heavy atom. The van der Waals surface area contributed by atoms with Gasteiger partial charge in [0.2, 0.25) is 0 Å². The molecule has 2 aromatic rings. The van der Waals surface area contributed by atoms with Gasteiger partial charge < -0.3 is 19.3 Å². The minimum Gasteiger partial charge on any atom is -0.507 e. The summed E-state index contributed by atoms with van der Waals surface area (Å²) in [6, 6.07) is 11.5. The van der Waals surface area contributed by atoms with E-state index in [0.29, 0.717) is 17.1 Å². The van der Waals surface area contributed by atoms with Crippen molar-refractivity contribution in [1.29, 1.82) is 0 Å². The predicted molar refractivity (Wildman–Crippen MR) is 76.8 cm³/mol. The van der Waals surface area contributed by atoms with Crippen LogP contribution in [-0.2, 0) is 11.3 Å². The van der Waals surface area contributed by atoms with E-state index in [1.807, 2.05) is 0 Å². The Balaban J connectivity index is 2.12. The lowest BCUT2D eigenvalue weighted by Gasteiger charge is -2.11. The lowest BCUT2D eigenvalue weighted by atomic mass is 10.2. The summed E-state index contributed by atoms with van der Waals surface area (Å²) in [6.07, 6.45) is 0. The van der Waals surface area contributed by atoms with Crippen LogP contribution in [0.2, 0.25) is 0 Å². The van der Waals surface area contributed by atoms with E-state index in [2.05, 4.69) is 0 Å². The fraction of sp³-hybridized carbons (Fsp3) is 0.188. The normalized spacial score (nSPS) is 10.0. The Morgan fingerprint density at radius 3 is 2.52 bits per heavy atom. The van der Waals surface area contributed by atoms with Gasteiger partial charge in [0.05, 0.1) is 14.2 Å². The van der Waals surface area contributed by atoms with Crippen LogP contribution in [0, 0.1) is 0 Å². The minimum absolute atomic E-state index is 0.0214. The van der Waals surface area contributed by atoms with Crippen LogP contribution in [0.25, 0.3) is 0 Å². The first kappa shape index (κ1) is 14.7. The van der Waals surface area contributed by atoms with E-state index in [4.69, 9.17) is 14.2 Å². The van der Waals surface area contributed by atoms with Gasteiger partial charge in [-0.1, -0.05) is 12.1 Å². The zero-order valence-corrected chi connectivity index (χ0v) is 11.8. The molecule has 5 heteroatoms. The highest BCUT2D eigenvalue weighted by Gasteiger charge is 2.13. The molecule has 0 aliphatic heterocycles. The Morgan fingerprint density at radius 1 is 1.10 bits per heavy atom. The first-order chi connectivity index (χ1) is 10.2. The maximum atomic E-state index is 11.9. The second-order valence-electron chi connectivity index (χ2n) is 4.27. The summed E-state index contributed by atoms with van der Waals surface area (Å²) in [5.74, 6) is 0.531. The summed E-state index contributed by atoms with van der Waals surface area (Å²) in [5, 5.41) is 9.62. The molecule has 0 radical (unpaired) electrons. The van der Waals surface area contributed by atoms with Crippen molar-refractivity contribution in [3.8, 4) is 17.2 Å². The molecular weight excluding hydrogens is 272 g/mol. The smallest absolute Gasteiger partial charge is 0.342 e. The predicted octanol–water partition coefficient (Wildman–Crippen LogP) is 2.77. The Labute approximate surface area is 122 Å². The number of hydrogen-bond donors (Lipinski definition) is 1. The van der Waals surface area contributed by atoms with Gasteiger partial charge in [-0.05, 0) is 30.3 Å². The van der Waals surface area contributed by atoms with Gasteiger partial charge in [-0.3, -0.25) is 0 Å². The van der Waals surface area contributed by atoms with Gasteiger partial charge in [0.15, 0.2) is 0 Å². The summed E-state index contributed by atoms with van der Waals surface area (Å²) in [6.45, 7) is 0.0214. The van der Waals surface area contributed by atoms with Gasteiger partial charge in [0, 0.05) is 5.56 Å². The van der Waals surface area contributed by atoms with E-state index in [-0.39, 0.29) is 17.9 Å². The Kier molecular flexibility index (Phi) is 4.66. The van der Waals surface area contributed by atoms with Gasteiger partial charge in [-0.25, -0.2) is 4.79 Å². The van der Waals surface area contributed by atoms with Crippen molar-refractivity contribution in [2.45, 2.75) is 6.61 Å². The molecule has 0 aliphatic carbocycles. The number of methoxy groups -OCH3 is 2. The highest BCUT2D eigenvalue weighted by Crippen LogP contribution is 2.25. The Hall–Kier alpha value is -2.69. The number of phenols is 1. The summed E-state index contributed by atoms with van der Waals surface area (Å²) in [5.41, 5.74) is 0.806. The molecule has 0 atom stereocenters. The van der Waals surface area contributed by atoms with Crippen molar-refractivity contribution in [2.75, 3.05) is 14.2 Å². The number of para-hydroxylation sites is 1. The van der Waals surface area contributed by atoms with Crippen LogP contribution >= 0.6 is 0 Å². The molecule has 2 aromatic carbocycles. The topological polar surface area (TPSA) is 65.0 Å². The van der Waals surface area contributed by atoms with Gasteiger partial charge in [0.1, 0.15) is 29.4 Å². The van der Waals surface area contributed by atoms with Crippen LogP contribution in [0.5, 0.6) is 17.2 Å². The molecular formula is C16H16O5. The number of aromatic hydroxyl groups is 1.